The molecule has 0 fully saturated rings. The van der Waals surface area contributed by atoms with E-state index in [9.17, 15) is 9.90 Å². The minimum absolute atomic E-state index is 0.618. The lowest BCUT2D eigenvalue weighted by Crippen LogP contribution is -2.38. The molecule has 1 aliphatic rings. The molecular weight excluding hydrogens is 336 g/mol. The van der Waals surface area contributed by atoms with Crippen molar-refractivity contribution in [3.05, 3.63) is 56.2 Å². The molecule has 0 spiro atoms. The summed E-state index contributed by atoms with van der Waals surface area (Å²) >= 11 is 5.08. The van der Waals surface area contributed by atoms with Crippen molar-refractivity contribution in [1.82, 2.24) is 0 Å². The highest BCUT2D eigenvalue weighted by Crippen LogP contribution is 2.40. The minimum atomic E-state index is -0.670. The Hall–Kier alpha value is -1.13. The Balaban J connectivity index is 1.92. The number of carboxylic acids is 1. The van der Waals surface area contributed by atoms with Gasteiger partial charge in [-0.25, -0.2) is 0 Å². The lowest BCUT2D eigenvalue weighted by molar-refractivity contribution is -0.149. The Morgan fingerprint density at radius 3 is 2.65 bits per heavy atom. The predicted molar refractivity (Wildman–Crippen MR) is 84.3 cm³/mol. The molecule has 0 bridgehead atoms. The summed E-state index contributed by atoms with van der Waals surface area (Å²) in [4.78, 5) is 13.0. The van der Waals surface area contributed by atoms with E-state index in [0.29, 0.717) is 12.8 Å². The van der Waals surface area contributed by atoms with Gasteiger partial charge in [-0.2, -0.15) is 0 Å². The maximum absolute atomic E-state index is 11.9. The number of hydrogen-bond donors (Lipinski definition) is 1. The SMILES string of the molecule is O=C(O)C1(Cc2ccc(Br)s2)CCc2ccccc2C1. The van der Waals surface area contributed by atoms with E-state index in [1.807, 2.05) is 24.3 Å². The van der Waals surface area contributed by atoms with Crippen molar-refractivity contribution < 1.29 is 9.90 Å². The molecule has 1 aromatic carbocycles. The number of fused-ring (bicyclic) bond motifs is 1. The van der Waals surface area contributed by atoms with Crippen molar-refractivity contribution in [1.29, 1.82) is 0 Å². The third-order valence-electron chi connectivity index (χ3n) is 4.12. The molecule has 20 heavy (non-hydrogen) atoms. The molecule has 0 saturated carbocycles. The van der Waals surface area contributed by atoms with Crippen LogP contribution in [0.4, 0.5) is 0 Å². The van der Waals surface area contributed by atoms with E-state index >= 15 is 0 Å². The third kappa shape index (κ3) is 2.54. The summed E-state index contributed by atoms with van der Waals surface area (Å²) in [6.45, 7) is 0. The van der Waals surface area contributed by atoms with Crippen molar-refractivity contribution in [3.63, 3.8) is 0 Å². The van der Waals surface area contributed by atoms with Gasteiger partial charge in [0.05, 0.1) is 9.20 Å². The van der Waals surface area contributed by atoms with Gasteiger partial charge in [-0.05, 0) is 64.9 Å². The summed E-state index contributed by atoms with van der Waals surface area (Å²) < 4.78 is 1.06. The second-order valence-corrected chi connectivity index (χ2v) is 7.96. The summed E-state index contributed by atoms with van der Waals surface area (Å²) in [5.41, 5.74) is 1.84. The number of thiophene rings is 1. The molecule has 1 aromatic heterocycles. The van der Waals surface area contributed by atoms with E-state index in [4.69, 9.17) is 0 Å². The first kappa shape index (κ1) is 13.8. The van der Waals surface area contributed by atoms with Crippen molar-refractivity contribution in [2.45, 2.75) is 25.7 Å². The Morgan fingerprint density at radius 2 is 2.00 bits per heavy atom. The fourth-order valence-electron chi connectivity index (χ4n) is 2.99. The Labute approximate surface area is 130 Å². The highest BCUT2D eigenvalue weighted by molar-refractivity contribution is 9.11. The molecule has 1 N–H and O–H groups in total. The smallest absolute Gasteiger partial charge is 0.310 e. The van der Waals surface area contributed by atoms with Crippen LogP contribution in [0.5, 0.6) is 0 Å². The van der Waals surface area contributed by atoms with Crippen LogP contribution in [-0.4, -0.2) is 11.1 Å². The normalized spacial score (nSPS) is 21.4. The molecule has 3 rings (SSSR count). The molecule has 0 saturated heterocycles. The lowest BCUT2D eigenvalue weighted by atomic mass is 9.69. The number of carbonyl (C=O) groups is 1. The second-order valence-electron chi connectivity index (χ2n) is 5.41. The quantitative estimate of drug-likeness (QED) is 0.895. The Bertz CT molecular complexity index is 649. The molecule has 2 aromatic rings. The summed E-state index contributed by atoms with van der Waals surface area (Å²) in [6, 6.07) is 12.2. The molecule has 104 valence electrons. The van der Waals surface area contributed by atoms with Crippen LogP contribution in [0.3, 0.4) is 0 Å². The lowest BCUT2D eigenvalue weighted by Gasteiger charge is -2.34. The molecule has 0 aliphatic heterocycles. The molecular formula is C16H15BrO2S. The van der Waals surface area contributed by atoms with E-state index in [1.165, 1.54) is 11.1 Å². The highest BCUT2D eigenvalue weighted by atomic mass is 79.9. The highest BCUT2D eigenvalue weighted by Gasteiger charge is 2.41. The summed E-state index contributed by atoms with van der Waals surface area (Å²) in [6.07, 6.45) is 2.82. The van der Waals surface area contributed by atoms with Gasteiger partial charge in [0.15, 0.2) is 0 Å². The largest absolute Gasteiger partial charge is 0.481 e. The van der Waals surface area contributed by atoms with Gasteiger partial charge in [0.2, 0.25) is 0 Å². The number of aryl methyl sites for hydroxylation is 1. The van der Waals surface area contributed by atoms with Crippen LogP contribution in [0.15, 0.2) is 40.2 Å². The van der Waals surface area contributed by atoms with Crippen molar-refractivity contribution in [2.75, 3.05) is 0 Å². The Kier molecular flexibility index (Phi) is 3.69. The molecule has 1 aliphatic carbocycles. The maximum atomic E-state index is 11.9. The number of benzene rings is 1. The number of carboxylic acid groups (broad SMARTS) is 1. The fraction of sp³-hybridized carbons (Fsp3) is 0.312. The molecule has 0 radical (unpaired) electrons. The van der Waals surface area contributed by atoms with E-state index in [2.05, 4.69) is 28.1 Å². The summed E-state index contributed by atoms with van der Waals surface area (Å²) in [5.74, 6) is -0.670. The van der Waals surface area contributed by atoms with Gasteiger partial charge < -0.3 is 5.11 Å². The number of aliphatic carboxylic acids is 1. The van der Waals surface area contributed by atoms with Gasteiger partial charge in [0.25, 0.3) is 0 Å². The molecule has 1 unspecified atom stereocenters. The van der Waals surface area contributed by atoms with Crippen molar-refractivity contribution in [3.8, 4) is 0 Å². The minimum Gasteiger partial charge on any atom is -0.481 e. The van der Waals surface area contributed by atoms with E-state index in [-0.39, 0.29) is 0 Å². The van der Waals surface area contributed by atoms with Crippen LogP contribution in [0.25, 0.3) is 0 Å². The molecule has 2 nitrogen and oxygen atoms in total. The van der Waals surface area contributed by atoms with Gasteiger partial charge in [-0.1, -0.05) is 24.3 Å². The zero-order valence-electron chi connectivity index (χ0n) is 10.9. The Morgan fingerprint density at radius 1 is 1.25 bits per heavy atom. The van der Waals surface area contributed by atoms with Crippen LogP contribution in [-0.2, 0) is 24.1 Å². The molecule has 1 heterocycles. The zero-order chi connectivity index (χ0) is 14.2. The van der Waals surface area contributed by atoms with Crippen molar-refractivity contribution in [2.24, 2.45) is 5.41 Å². The average molecular weight is 351 g/mol. The van der Waals surface area contributed by atoms with Crippen molar-refractivity contribution >= 4 is 33.2 Å². The van der Waals surface area contributed by atoms with Crippen LogP contribution in [0, 0.1) is 5.41 Å². The fourth-order valence-corrected chi connectivity index (χ4v) is 4.62. The number of halogens is 1. The van der Waals surface area contributed by atoms with Crippen LogP contribution in [0.2, 0.25) is 0 Å². The average Bonchev–Trinajstić information content (AvgIpc) is 2.83. The molecule has 4 heteroatoms. The first-order chi connectivity index (χ1) is 9.59. The van der Waals surface area contributed by atoms with Crippen LogP contribution >= 0.6 is 27.3 Å². The number of hydrogen-bond acceptors (Lipinski definition) is 2. The maximum Gasteiger partial charge on any atom is 0.310 e. The van der Waals surface area contributed by atoms with Gasteiger partial charge in [-0.15, -0.1) is 11.3 Å². The first-order valence-corrected chi connectivity index (χ1v) is 8.24. The summed E-state index contributed by atoms with van der Waals surface area (Å²) in [5, 5.41) is 9.78. The van der Waals surface area contributed by atoms with Gasteiger partial charge in [-0.3, -0.25) is 4.79 Å². The topological polar surface area (TPSA) is 37.3 Å². The third-order valence-corrected chi connectivity index (χ3v) is 5.74. The van der Waals surface area contributed by atoms with E-state index in [0.717, 1.165) is 21.5 Å². The molecule has 0 amide bonds. The predicted octanol–water partition coefficient (Wildman–Crippen LogP) is 4.31. The summed E-state index contributed by atoms with van der Waals surface area (Å²) in [7, 11) is 0. The number of rotatable bonds is 3. The first-order valence-electron chi connectivity index (χ1n) is 6.63. The zero-order valence-corrected chi connectivity index (χ0v) is 13.3. The van der Waals surface area contributed by atoms with Crippen LogP contribution in [0.1, 0.15) is 22.4 Å². The van der Waals surface area contributed by atoms with Gasteiger partial charge in [0, 0.05) is 4.88 Å². The second kappa shape index (κ2) is 5.34. The molecule has 1 atom stereocenters. The van der Waals surface area contributed by atoms with Gasteiger partial charge in [0.1, 0.15) is 0 Å². The van der Waals surface area contributed by atoms with Gasteiger partial charge >= 0.3 is 5.97 Å². The van der Waals surface area contributed by atoms with Crippen LogP contribution < -0.4 is 0 Å². The standard InChI is InChI=1S/C16H15BrO2S/c17-14-6-5-13(20-14)10-16(15(18)19)8-7-11-3-1-2-4-12(11)9-16/h1-6H,7-10H2,(H,18,19). The van der Waals surface area contributed by atoms with E-state index in [1.54, 1.807) is 11.3 Å². The van der Waals surface area contributed by atoms with E-state index < -0.39 is 11.4 Å². The monoisotopic (exact) mass is 350 g/mol.